The number of sulfonamides is 1. The van der Waals surface area contributed by atoms with E-state index in [1.54, 1.807) is 18.2 Å². The number of hydrogen-bond acceptors (Lipinski definition) is 7. The summed E-state index contributed by atoms with van der Waals surface area (Å²) in [5, 5.41) is 2.67. The number of imide groups is 1. The van der Waals surface area contributed by atoms with Crippen molar-refractivity contribution in [2.24, 2.45) is 0 Å². The number of amides is 5. The first-order valence-corrected chi connectivity index (χ1v) is 12.6. The number of para-hydroxylation sites is 2. The van der Waals surface area contributed by atoms with E-state index in [4.69, 9.17) is 4.74 Å². The summed E-state index contributed by atoms with van der Waals surface area (Å²) in [4.78, 5) is 50.3. The van der Waals surface area contributed by atoms with E-state index in [0.717, 1.165) is 23.8 Å². The van der Waals surface area contributed by atoms with Crippen LogP contribution in [0.5, 0.6) is 5.75 Å². The maximum absolute atomic E-state index is 12.8. The van der Waals surface area contributed by atoms with E-state index >= 15 is 0 Å². The van der Waals surface area contributed by atoms with Crippen molar-refractivity contribution in [1.82, 2.24) is 21.1 Å². The third kappa shape index (κ3) is 4.96. The zero-order valence-electron chi connectivity index (χ0n) is 19.4. The second-order valence-corrected chi connectivity index (χ2v) is 10.1. The second kappa shape index (κ2) is 9.85. The van der Waals surface area contributed by atoms with Gasteiger partial charge in [-0.05, 0) is 43.2 Å². The summed E-state index contributed by atoms with van der Waals surface area (Å²) in [7, 11) is -2.65. The Balaban J connectivity index is 1.37. The molecule has 4 rings (SSSR count). The molecule has 1 saturated carbocycles. The van der Waals surface area contributed by atoms with Crippen molar-refractivity contribution < 1.29 is 32.3 Å². The van der Waals surface area contributed by atoms with E-state index < -0.39 is 45.9 Å². The van der Waals surface area contributed by atoms with Gasteiger partial charge in [0.1, 0.15) is 17.8 Å². The standard InChI is InChI=1S/C23H25N5O7S/c1-35-18-10-3-2-9-17(18)27-36(33,34)16-8-6-7-15(13-16)20(30)26-25-19(29)14-28-21(31)23(24-22(28)32)11-4-5-12-23/h2-3,6-10,13,27H,4-5,11-12,14H2,1H3,(H,24,32)(H,25,29)(H,26,30). The summed E-state index contributed by atoms with van der Waals surface area (Å²) in [6, 6.07) is 11.0. The lowest BCUT2D eigenvalue weighted by Gasteiger charge is -2.19. The number of carbonyl (C=O) groups is 4. The second-order valence-electron chi connectivity index (χ2n) is 8.45. The van der Waals surface area contributed by atoms with E-state index in [-0.39, 0.29) is 16.1 Å². The number of nitrogens with zero attached hydrogens (tertiary/aromatic N) is 1. The van der Waals surface area contributed by atoms with Gasteiger partial charge in [0, 0.05) is 5.56 Å². The molecule has 1 heterocycles. The Labute approximate surface area is 207 Å². The van der Waals surface area contributed by atoms with E-state index in [1.807, 2.05) is 0 Å². The quantitative estimate of drug-likeness (QED) is 0.317. The predicted octanol–water partition coefficient (Wildman–Crippen LogP) is 1.12. The predicted molar refractivity (Wildman–Crippen MR) is 127 cm³/mol. The van der Waals surface area contributed by atoms with Crippen molar-refractivity contribution in [2.45, 2.75) is 36.1 Å². The third-order valence-electron chi connectivity index (χ3n) is 6.08. The number of carbonyl (C=O) groups excluding carboxylic acids is 4. The zero-order chi connectivity index (χ0) is 25.9. The molecule has 0 radical (unpaired) electrons. The molecule has 2 aromatic rings. The molecule has 12 nitrogen and oxygen atoms in total. The van der Waals surface area contributed by atoms with Crippen LogP contribution >= 0.6 is 0 Å². The molecule has 4 N–H and O–H groups in total. The molecule has 0 atom stereocenters. The van der Waals surface area contributed by atoms with Gasteiger partial charge in [-0.3, -0.25) is 34.9 Å². The lowest BCUT2D eigenvalue weighted by molar-refractivity contribution is -0.135. The molecule has 5 amide bonds. The fourth-order valence-electron chi connectivity index (χ4n) is 4.26. The van der Waals surface area contributed by atoms with Crippen LogP contribution in [0.4, 0.5) is 10.5 Å². The number of urea groups is 1. The highest BCUT2D eigenvalue weighted by molar-refractivity contribution is 7.92. The minimum Gasteiger partial charge on any atom is -0.495 e. The van der Waals surface area contributed by atoms with E-state index in [2.05, 4.69) is 20.9 Å². The van der Waals surface area contributed by atoms with Crippen LogP contribution in [0.15, 0.2) is 53.4 Å². The Kier molecular flexibility index (Phi) is 6.84. The maximum Gasteiger partial charge on any atom is 0.325 e. The van der Waals surface area contributed by atoms with Crippen molar-refractivity contribution in [3.8, 4) is 5.75 Å². The number of nitrogens with one attached hydrogen (secondary N) is 4. The first-order chi connectivity index (χ1) is 17.1. The molecular formula is C23H25N5O7S. The van der Waals surface area contributed by atoms with Gasteiger partial charge in [0.05, 0.1) is 17.7 Å². The van der Waals surface area contributed by atoms with Crippen LogP contribution in [0.3, 0.4) is 0 Å². The summed E-state index contributed by atoms with van der Waals surface area (Å²) in [6.07, 6.45) is 2.67. The Hall–Kier alpha value is -4.13. The van der Waals surface area contributed by atoms with Gasteiger partial charge in [0.25, 0.3) is 27.7 Å². The van der Waals surface area contributed by atoms with Crippen molar-refractivity contribution >= 4 is 39.5 Å². The molecule has 190 valence electrons. The largest absolute Gasteiger partial charge is 0.495 e. The highest BCUT2D eigenvalue weighted by Crippen LogP contribution is 2.34. The summed E-state index contributed by atoms with van der Waals surface area (Å²) >= 11 is 0. The highest BCUT2D eigenvalue weighted by Gasteiger charge is 2.52. The number of hydrazine groups is 1. The minimum atomic E-state index is -4.06. The smallest absolute Gasteiger partial charge is 0.325 e. The number of methoxy groups -OCH3 is 1. The molecule has 2 aromatic carbocycles. The molecule has 1 saturated heterocycles. The molecule has 1 aliphatic heterocycles. The fourth-order valence-corrected chi connectivity index (χ4v) is 5.37. The molecule has 0 unspecified atom stereocenters. The molecule has 0 aromatic heterocycles. The summed E-state index contributed by atoms with van der Waals surface area (Å²) < 4.78 is 33.2. The van der Waals surface area contributed by atoms with Crippen molar-refractivity contribution in [3.63, 3.8) is 0 Å². The first-order valence-electron chi connectivity index (χ1n) is 11.1. The van der Waals surface area contributed by atoms with Gasteiger partial charge in [-0.1, -0.05) is 31.0 Å². The molecule has 1 spiro atoms. The summed E-state index contributed by atoms with van der Waals surface area (Å²) in [5.41, 5.74) is 3.55. The zero-order valence-corrected chi connectivity index (χ0v) is 20.2. The Morgan fingerprint density at radius 3 is 2.50 bits per heavy atom. The van der Waals surface area contributed by atoms with Crippen molar-refractivity contribution in [2.75, 3.05) is 18.4 Å². The number of benzene rings is 2. The monoisotopic (exact) mass is 515 g/mol. The van der Waals surface area contributed by atoms with Crippen LogP contribution in [-0.4, -0.2) is 56.3 Å². The Bertz CT molecular complexity index is 1320. The molecular weight excluding hydrogens is 490 g/mol. The van der Waals surface area contributed by atoms with Gasteiger partial charge in [-0.25, -0.2) is 13.2 Å². The fraction of sp³-hybridized carbons (Fsp3) is 0.304. The third-order valence-corrected chi connectivity index (χ3v) is 7.44. The van der Waals surface area contributed by atoms with E-state index in [9.17, 15) is 27.6 Å². The van der Waals surface area contributed by atoms with E-state index in [0.29, 0.717) is 18.6 Å². The van der Waals surface area contributed by atoms with Crippen LogP contribution in [-0.2, 0) is 19.6 Å². The molecule has 1 aliphatic carbocycles. The van der Waals surface area contributed by atoms with Gasteiger partial charge in [0.15, 0.2) is 0 Å². The maximum atomic E-state index is 12.8. The van der Waals surface area contributed by atoms with Crippen LogP contribution in [0.25, 0.3) is 0 Å². The lowest BCUT2D eigenvalue weighted by atomic mass is 9.98. The first kappa shape index (κ1) is 25.0. The van der Waals surface area contributed by atoms with Gasteiger partial charge in [-0.15, -0.1) is 0 Å². The average Bonchev–Trinajstić information content (AvgIpc) is 3.43. The summed E-state index contributed by atoms with van der Waals surface area (Å²) in [5.74, 6) is -1.71. The van der Waals surface area contributed by atoms with Crippen molar-refractivity contribution in [1.29, 1.82) is 0 Å². The Morgan fingerprint density at radius 2 is 1.78 bits per heavy atom. The van der Waals surface area contributed by atoms with E-state index in [1.165, 1.54) is 31.4 Å². The normalized spacial score (nSPS) is 16.5. The lowest BCUT2D eigenvalue weighted by Crippen LogP contribution is -2.48. The number of hydrogen-bond donors (Lipinski definition) is 4. The molecule has 13 heteroatoms. The van der Waals surface area contributed by atoms with Crippen LogP contribution < -0.4 is 25.6 Å². The molecule has 0 bridgehead atoms. The summed E-state index contributed by atoms with van der Waals surface area (Å²) in [6.45, 7) is -0.566. The molecule has 2 aliphatic rings. The SMILES string of the molecule is COc1ccccc1NS(=O)(=O)c1cccc(C(=O)NNC(=O)CN2C(=O)NC3(CCCC3)C2=O)c1. The van der Waals surface area contributed by atoms with Crippen LogP contribution in [0.2, 0.25) is 0 Å². The minimum absolute atomic E-state index is 0.0434. The van der Waals surface area contributed by atoms with Gasteiger partial charge in [0.2, 0.25) is 0 Å². The topological polar surface area (TPSA) is 163 Å². The van der Waals surface area contributed by atoms with Gasteiger partial charge >= 0.3 is 6.03 Å². The van der Waals surface area contributed by atoms with Crippen LogP contribution in [0.1, 0.15) is 36.0 Å². The number of rotatable bonds is 7. The molecule has 2 fully saturated rings. The number of anilines is 1. The van der Waals surface area contributed by atoms with Crippen molar-refractivity contribution in [3.05, 3.63) is 54.1 Å². The van der Waals surface area contributed by atoms with Gasteiger partial charge < -0.3 is 10.1 Å². The number of ether oxygens (including phenoxy) is 1. The Morgan fingerprint density at radius 1 is 1.06 bits per heavy atom. The van der Waals surface area contributed by atoms with Crippen LogP contribution in [0, 0.1) is 0 Å². The average molecular weight is 516 g/mol. The highest BCUT2D eigenvalue weighted by atomic mass is 32.2. The molecule has 36 heavy (non-hydrogen) atoms. The van der Waals surface area contributed by atoms with Gasteiger partial charge in [-0.2, -0.15) is 0 Å².